The van der Waals surface area contributed by atoms with Crippen molar-refractivity contribution in [2.24, 2.45) is 0 Å². The van der Waals surface area contributed by atoms with E-state index in [1.54, 1.807) is 0 Å². The van der Waals surface area contributed by atoms with E-state index in [4.69, 9.17) is 14.2 Å². The molecule has 21 heavy (non-hydrogen) atoms. The van der Waals surface area contributed by atoms with Gasteiger partial charge in [-0.05, 0) is 18.2 Å². The van der Waals surface area contributed by atoms with Crippen LogP contribution < -0.4 is 4.74 Å². The third-order valence-electron chi connectivity index (χ3n) is 2.66. The molecule has 0 aromatic heterocycles. The second-order valence-corrected chi connectivity index (χ2v) is 5.66. The SMILES string of the molecule is COc1c(F)cc(Br)cc1C=C1C(=O)OC(C)(C)OC1=O. The number of benzene rings is 1. The summed E-state index contributed by atoms with van der Waals surface area (Å²) in [6, 6.07) is 2.72. The van der Waals surface area contributed by atoms with Gasteiger partial charge in [-0.15, -0.1) is 0 Å². The fraction of sp³-hybridized carbons (Fsp3) is 0.286. The molecule has 1 fully saturated rings. The van der Waals surface area contributed by atoms with Crippen LogP contribution in [0.5, 0.6) is 5.75 Å². The van der Waals surface area contributed by atoms with E-state index in [0.717, 1.165) is 0 Å². The monoisotopic (exact) mass is 358 g/mol. The molecule has 0 N–H and O–H groups in total. The van der Waals surface area contributed by atoms with Crippen LogP contribution in [0, 0.1) is 5.82 Å². The fourth-order valence-electron chi connectivity index (χ4n) is 1.84. The summed E-state index contributed by atoms with van der Waals surface area (Å²) in [7, 11) is 1.29. The van der Waals surface area contributed by atoms with Gasteiger partial charge in [-0.25, -0.2) is 14.0 Å². The molecule has 1 saturated heterocycles. The lowest BCUT2D eigenvalue weighted by Crippen LogP contribution is -2.41. The van der Waals surface area contributed by atoms with Crippen LogP contribution >= 0.6 is 15.9 Å². The third-order valence-corrected chi connectivity index (χ3v) is 3.12. The molecule has 0 atom stereocenters. The lowest BCUT2D eigenvalue weighted by Gasteiger charge is -2.29. The second-order valence-electron chi connectivity index (χ2n) is 4.75. The Hall–Kier alpha value is -1.89. The zero-order valence-electron chi connectivity index (χ0n) is 11.5. The summed E-state index contributed by atoms with van der Waals surface area (Å²) in [5.74, 6) is -3.71. The average molecular weight is 359 g/mol. The van der Waals surface area contributed by atoms with Crippen molar-refractivity contribution in [3.63, 3.8) is 0 Å². The summed E-state index contributed by atoms with van der Waals surface area (Å²) in [6.45, 7) is 2.89. The smallest absolute Gasteiger partial charge is 0.348 e. The van der Waals surface area contributed by atoms with Crippen molar-refractivity contribution in [3.8, 4) is 5.75 Å². The van der Waals surface area contributed by atoms with E-state index in [0.29, 0.717) is 4.47 Å². The minimum absolute atomic E-state index is 0.0869. The molecule has 0 spiro atoms. The molecule has 1 aliphatic rings. The van der Waals surface area contributed by atoms with Gasteiger partial charge in [0.1, 0.15) is 5.57 Å². The number of esters is 2. The van der Waals surface area contributed by atoms with Crippen molar-refractivity contribution < 1.29 is 28.2 Å². The summed E-state index contributed by atoms with van der Waals surface area (Å²) < 4.78 is 29.1. The van der Waals surface area contributed by atoms with E-state index in [1.807, 2.05) is 0 Å². The number of rotatable bonds is 2. The quantitative estimate of drug-likeness (QED) is 0.462. The van der Waals surface area contributed by atoms with Gasteiger partial charge in [0, 0.05) is 23.9 Å². The Labute approximate surface area is 128 Å². The zero-order chi connectivity index (χ0) is 15.8. The van der Waals surface area contributed by atoms with Crippen molar-refractivity contribution in [1.29, 1.82) is 0 Å². The van der Waals surface area contributed by atoms with Crippen LogP contribution in [-0.2, 0) is 19.1 Å². The molecule has 1 aromatic carbocycles. The molecule has 0 bridgehead atoms. The Balaban J connectivity index is 2.49. The summed E-state index contributed by atoms with van der Waals surface area (Å²) >= 11 is 3.13. The van der Waals surface area contributed by atoms with E-state index in [2.05, 4.69) is 15.9 Å². The highest BCUT2D eigenvalue weighted by Crippen LogP contribution is 2.31. The minimum atomic E-state index is -1.32. The zero-order valence-corrected chi connectivity index (χ0v) is 13.1. The van der Waals surface area contributed by atoms with Crippen LogP contribution in [0.15, 0.2) is 22.2 Å². The Morgan fingerprint density at radius 2 is 1.81 bits per heavy atom. The predicted octanol–water partition coefficient (Wildman–Crippen LogP) is 2.82. The molecule has 0 radical (unpaired) electrons. The van der Waals surface area contributed by atoms with E-state index in [9.17, 15) is 14.0 Å². The largest absolute Gasteiger partial charge is 0.493 e. The normalized spacial score (nSPS) is 17.1. The maximum absolute atomic E-state index is 13.8. The van der Waals surface area contributed by atoms with E-state index < -0.39 is 23.5 Å². The average Bonchev–Trinajstić information content (AvgIpc) is 2.32. The number of ether oxygens (including phenoxy) is 3. The van der Waals surface area contributed by atoms with Crippen LogP contribution in [0.1, 0.15) is 19.4 Å². The van der Waals surface area contributed by atoms with E-state index >= 15 is 0 Å². The van der Waals surface area contributed by atoms with E-state index in [-0.39, 0.29) is 16.9 Å². The van der Waals surface area contributed by atoms with Gasteiger partial charge < -0.3 is 14.2 Å². The molecule has 7 heteroatoms. The number of hydrogen-bond acceptors (Lipinski definition) is 5. The molecule has 1 aliphatic heterocycles. The first kappa shape index (κ1) is 15.5. The summed E-state index contributed by atoms with van der Waals surface area (Å²) in [4.78, 5) is 23.7. The first-order chi connectivity index (χ1) is 9.73. The van der Waals surface area contributed by atoms with Crippen LogP contribution in [0.3, 0.4) is 0 Å². The van der Waals surface area contributed by atoms with Crippen molar-refractivity contribution in [3.05, 3.63) is 33.6 Å². The number of hydrogen-bond donors (Lipinski definition) is 0. The Bertz CT molecular complexity index is 629. The fourth-order valence-corrected chi connectivity index (χ4v) is 2.28. The van der Waals surface area contributed by atoms with Crippen LogP contribution in [0.2, 0.25) is 0 Å². The number of methoxy groups -OCH3 is 1. The lowest BCUT2D eigenvalue weighted by atomic mass is 10.1. The van der Waals surface area contributed by atoms with Gasteiger partial charge >= 0.3 is 11.9 Å². The topological polar surface area (TPSA) is 61.8 Å². The molecule has 0 saturated carbocycles. The van der Waals surface area contributed by atoms with Crippen molar-refractivity contribution in [2.45, 2.75) is 19.6 Å². The maximum Gasteiger partial charge on any atom is 0.348 e. The molecule has 2 rings (SSSR count). The lowest BCUT2D eigenvalue weighted by molar-refractivity contribution is -0.222. The highest BCUT2D eigenvalue weighted by molar-refractivity contribution is 9.10. The van der Waals surface area contributed by atoms with Gasteiger partial charge in [-0.3, -0.25) is 0 Å². The van der Waals surface area contributed by atoms with Gasteiger partial charge in [-0.1, -0.05) is 15.9 Å². The molecule has 5 nitrogen and oxygen atoms in total. The van der Waals surface area contributed by atoms with Gasteiger partial charge in [0.25, 0.3) is 5.79 Å². The Morgan fingerprint density at radius 3 is 2.33 bits per heavy atom. The number of carbonyl (C=O) groups is 2. The van der Waals surface area contributed by atoms with Crippen molar-refractivity contribution in [2.75, 3.05) is 7.11 Å². The molecule has 0 unspecified atom stereocenters. The number of carbonyl (C=O) groups excluding carboxylic acids is 2. The number of cyclic esters (lactones) is 2. The first-order valence-electron chi connectivity index (χ1n) is 5.95. The van der Waals surface area contributed by atoms with Crippen molar-refractivity contribution in [1.82, 2.24) is 0 Å². The first-order valence-corrected chi connectivity index (χ1v) is 6.74. The Morgan fingerprint density at radius 1 is 1.24 bits per heavy atom. The third kappa shape index (κ3) is 3.24. The second kappa shape index (κ2) is 5.48. The van der Waals surface area contributed by atoms with Crippen LogP contribution in [-0.4, -0.2) is 24.8 Å². The van der Waals surface area contributed by atoms with Gasteiger partial charge in [0.15, 0.2) is 11.6 Å². The standard InChI is InChI=1S/C14H12BrFO5/c1-14(2)20-12(17)9(13(18)21-14)5-7-4-8(15)6-10(16)11(7)19-3/h4-6H,1-3H3. The highest BCUT2D eigenvalue weighted by atomic mass is 79.9. The summed E-state index contributed by atoms with van der Waals surface area (Å²) in [6.07, 6.45) is 1.17. The van der Waals surface area contributed by atoms with E-state index in [1.165, 1.54) is 39.2 Å². The minimum Gasteiger partial charge on any atom is -0.493 e. The summed E-state index contributed by atoms with van der Waals surface area (Å²) in [5, 5.41) is 0. The Kier molecular flexibility index (Phi) is 4.04. The molecule has 0 amide bonds. The molecule has 1 aromatic rings. The highest BCUT2D eigenvalue weighted by Gasteiger charge is 2.39. The van der Waals surface area contributed by atoms with Gasteiger partial charge in [-0.2, -0.15) is 0 Å². The van der Waals surface area contributed by atoms with Crippen molar-refractivity contribution >= 4 is 33.9 Å². The molecule has 1 heterocycles. The summed E-state index contributed by atoms with van der Waals surface area (Å²) in [5.41, 5.74) is -0.113. The van der Waals surface area contributed by atoms with Crippen LogP contribution in [0.4, 0.5) is 4.39 Å². The van der Waals surface area contributed by atoms with Gasteiger partial charge in [0.05, 0.1) is 7.11 Å². The van der Waals surface area contributed by atoms with Crippen LogP contribution in [0.25, 0.3) is 6.08 Å². The molecular formula is C14H12BrFO5. The predicted molar refractivity (Wildman–Crippen MR) is 74.9 cm³/mol. The molecule has 0 aliphatic carbocycles. The maximum atomic E-state index is 13.8. The molecular weight excluding hydrogens is 347 g/mol. The number of halogens is 2. The van der Waals surface area contributed by atoms with Gasteiger partial charge in [0.2, 0.25) is 0 Å². The molecule has 112 valence electrons.